The molecule has 27 heavy (non-hydrogen) atoms. The molecule has 0 atom stereocenters. The van der Waals surface area contributed by atoms with Gasteiger partial charge >= 0.3 is 0 Å². The predicted octanol–water partition coefficient (Wildman–Crippen LogP) is 1.91. The molecule has 0 aromatic heterocycles. The molecule has 1 aliphatic rings. The Bertz CT molecular complexity index is 828. The summed E-state index contributed by atoms with van der Waals surface area (Å²) in [5.41, 5.74) is 1.27. The minimum Gasteiger partial charge on any atom is -0.337 e. The molecule has 0 fully saturated rings. The van der Waals surface area contributed by atoms with Crippen molar-refractivity contribution in [1.82, 2.24) is 9.62 Å². The van der Waals surface area contributed by atoms with Gasteiger partial charge in [-0.25, -0.2) is 13.1 Å². The maximum Gasteiger partial charge on any atom is 0.240 e. The van der Waals surface area contributed by atoms with Gasteiger partial charge in [0.1, 0.15) is 0 Å². The lowest BCUT2D eigenvalue weighted by atomic mass is 10.0. The summed E-state index contributed by atoms with van der Waals surface area (Å²) in [6.07, 6.45) is 1.55. The molecule has 8 heteroatoms. The van der Waals surface area contributed by atoms with Gasteiger partial charge < -0.3 is 9.80 Å². The molecule has 0 unspecified atom stereocenters. The maximum absolute atomic E-state index is 12.6. The molecule has 0 saturated heterocycles. The Kier molecular flexibility index (Phi) is 6.32. The van der Waals surface area contributed by atoms with Gasteiger partial charge in [-0.15, -0.1) is 0 Å². The average molecular weight is 396 g/mol. The zero-order chi connectivity index (χ0) is 20.4. The molecule has 0 bridgehead atoms. The lowest BCUT2D eigenvalue weighted by Gasteiger charge is -2.35. The van der Waals surface area contributed by atoms with Crippen LogP contribution in [-0.4, -0.2) is 50.3 Å². The Morgan fingerprint density at radius 2 is 1.89 bits per heavy atom. The van der Waals surface area contributed by atoms with Crippen LogP contribution in [0.1, 0.15) is 46.6 Å². The van der Waals surface area contributed by atoms with E-state index in [0.717, 1.165) is 24.1 Å². The fraction of sp³-hybridized carbons (Fsp3) is 0.579. The van der Waals surface area contributed by atoms with Crippen LogP contribution in [0.2, 0.25) is 0 Å². The van der Waals surface area contributed by atoms with Crippen LogP contribution >= 0.6 is 0 Å². The lowest BCUT2D eigenvalue weighted by Crippen LogP contribution is -2.48. The van der Waals surface area contributed by atoms with Gasteiger partial charge in [-0.2, -0.15) is 0 Å². The summed E-state index contributed by atoms with van der Waals surface area (Å²) < 4.78 is 27.8. The second-order valence-electron chi connectivity index (χ2n) is 7.80. The molecule has 1 aromatic rings. The number of fused-ring (bicyclic) bond motifs is 1. The molecule has 0 aliphatic carbocycles. The number of rotatable bonds is 5. The van der Waals surface area contributed by atoms with Gasteiger partial charge in [0.15, 0.2) is 0 Å². The summed E-state index contributed by atoms with van der Waals surface area (Å²) in [6, 6.07) is 4.86. The topological polar surface area (TPSA) is 86.8 Å². The summed E-state index contributed by atoms with van der Waals surface area (Å²) in [5, 5.41) is 0. The van der Waals surface area contributed by atoms with E-state index in [-0.39, 0.29) is 28.8 Å². The van der Waals surface area contributed by atoms with Crippen LogP contribution in [0.5, 0.6) is 0 Å². The van der Waals surface area contributed by atoms with Crippen LogP contribution in [0.15, 0.2) is 23.1 Å². The SMILES string of the molecule is CC(=O)N1CCCc2cc(S(=O)(=O)NCCN(C(C)=O)C(C)(C)C)ccc21. The number of benzene rings is 1. The first-order valence-electron chi connectivity index (χ1n) is 9.12. The molecule has 1 aromatic carbocycles. The number of amides is 2. The van der Waals surface area contributed by atoms with Crippen molar-refractivity contribution in [1.29, 1.82) is 0 Å². The highest BCUT2D eigenvalue weighted by molar-refractivity contribution is 7.89. The van der Waals surface area contributed by atoms with E-state index in [1.165, 1.54) is 19.9 Å². The van der Waals surface area contributed by atoms with Crippen LogP contribution in [0.4, 0.5) is 5.69 Å². The van der Waals surface area contributed by atoms with Crippen molar-refractivity contribution in [3.8, 4) is 0 Å². The zero-order valence-corrected chi connectivity index (χ0v) is 17.5. The minimum atomic E-state index is -3.69. The summed E-state index contributed by atoms with van der Waals surface area (Å²) in [6.45, 7) is 9.80. The van der Waals surface area contributed by atoms with Crippen molar-refractivity contribution in [2.75, 3.05) is 24.5 Å². The van der Waals surface area contributed by atoms with E-state index < -0.39 is 10.0 Å². The normalized spacial score (nSPS) is 14.6. The molecule has 2 rings (SSSR count). The van der Waals surface area contributed by atoms with Crippen LogP contribution in [0, 0.1) is 0 Å². The number of hydrogen-bond acceptors (Lipinski definition) is 4. The number of sulfonamides is 1. The van der Waals surface area contributed by atoms with Crippen LogP contribution in [-0.2, 0) is 26.0 Å². The average Bonchev–Trinajstić information content (AvgIpc) is 2.56. The van der Waals surface area contributed by atoms with Gasteiger partial charge in [0, 0.05) is 44.7 Å². The standard InChI is InChI=1S/C19H29N3O4S/c1-14(23)21-11-6-7-16-13-17(8-9-18(16)21)27(25,26)20-10-12-22(15(2)24)19(3,4)5/h8-9,13,20H,6-7,10-12H2,1-5H3. The smallest absolute Gasteiger partial charge is 0.240 e. The van der Waals surface area contributed by atoms with Crippen molar-refractivity contribution in [3.63, 3.8) is 0 Å². The Hall–Kier alpha value is -1.93. The zero-order valence-electron chi connectivity index (χ0n) is 16.7. The Labute approximate surface area is 161 Å². The van der Waals surface area contributed by atoms with Gasteiger partial charge in [0.25, 0.3) is 0 Å². The third-order valence-corrected chi connectivity index (χ3v) is 6.14. The Morgan fingerprint density at radius 1 is 1.22 bits per heavy atom. The van der Waals surface area contributed by atoms with E-state index in [2.05, 4.69) is 4.72 Å². The number of nitrogens with one attached hydrogen (secondary N) is 1. The van der Waals surface area contributed by atoms with E-state index in [0.29, 0.717) is 13.1 Å². The fourth-order valence-electron chi connectivity index (χ4n) is 3.41. The molecule has 7 nitrogen and oxygen atoms in total. The maximum atomic E-state index is 12.6. The molecule has 1 aliphatic heterocycles. The van der Waals surface area contributed by atoms with Crippen LogP contribution < -0.4 is 9.62 Å². The summed E-state index contributed by atoms with van der Waals surface area (Å²) >= 11 is 0. The van der Waals surface area contributed by atoms with Crippen LogP contribution in [0.3, 0.4) is 0 Å². The highest BCUT2D eigenvalue weighted by Gasteiger charge is 2.25. The van der Waals surface area contributed by atoms with Gasteiger partial charge in [0.2, 0.25) is 21.8 Å². The lowest BCUT2D eigenvalue weighted by molar-refractivity contribution is -0.133. The first kappa shape index (κ1) is 21.4. The van der Waals surface area contributed by atoms with E-state index in [1.54, 1.807) is 21.9 Å². The highest BCUT2D eigenvalue weighted by atomic mass is 32.2. The van der Waals surface area contributed by atoms with Gasteiger partial charge in [-0.3, -0.25) is 9.59 Å². The molecular weight excluding hydrogens is 366 g/mol. The molecule has 0 spiro atoms. The second kappa shape index (κ2) is 7.98. The Morgan fingerprint density at radius 3 is 2.44 bits per heavy atom. The van der Waals surface area contributed by atoms with E-state index >= 15 is 0 Å². The van der Waals surface area contributed by atoms with Crippen molar-refractivity contribution in [2.45, 2.75) is 57.9 Å². The molecule has 1 heterocycles. The number of nitrogens with zero attached hydrogens (tertiary/aromatic N) is 2. The third-order valence-electron chi connectivity index (χ3n) is 4.68. The fourth-order valence-corrected chi connectivity index (χ4v) is 4.48. The largest absolute Gasteiger partial charge is 0.337 e. The predicted molar refractivity (Wildman–Crippen MR) is 105 cm³/mol. The van der Waals surface area contributed by atoms with E-state index in [1.807, 2.05) is 20.8 Å². The quantitative estimate of drug-likeness (QED) is 0.825. The first-order valence-corrected chi connectivity index (χ1v) is 10.6. The monoisotopic (exact) mass is 395 g/mol. The number of aryl methyl sites for hydroxylation is 1. The van der Waals surface area contributed by atoms with Gasteiger partial charge in [0.05, 0.1) is 4.90 Å². The molecule has 1 N–H and O–H groups in total. The highest BCUT2D eigenvalue weighted by Crippen LogP contribution is 2.29. The molecule has 0 saturated carbocycles. The first-order chi connectivity index (χ1) is 12.4. The number of carbonyl (C=O) groups is 2. The molecular formula is C19H29N3O4S. The van der Waals surface area contributed by atoms with Gasteiger partial charge in [-0.1, -0.05) is 0 Å². The number of hydrogen-bond donors (Lipinski definition) is 1. The second-order valence-corrected chi connectivity index (χ2v) is 9.57. The van der Waals surface area contributed by atoms with Crippen molar-refractivity contribution in [3.05, 3.63) is 23.8 Å². The van der Waals surface area contributed by atoms with Crippen molar-refractivity contribution < 1.29 is 18.0 Å². The summed E-state index contributed by atoms with van der Waals surface area (Å²) in [5.74, 6) is -0.143. The van der Waals surface area contributed by atoms with Gasteiger partial charge in [-0.05, 0) is 57.4 Å². The van der Waals surface area contributed by atoms with E-state index in [9.17, 15) is 18.0 Å². The molecule has 2 amide bonds. The Balaban J connectivity index is 2.13. The summed E-state index contributed by atoms with van der Waals surface area (Å²) in [7, 11) is -3.69. The molecule has 150 valence electrons. The van der Waals surface area contributed by atoms with Crippen molar-refractivity contribution in [2.24, 2.45) is 0 Å². The summed E-state index contributed by atoms with van der Waals surface area (Å²) in [4.78, 5) is 27.0. The van der Waals surface area contributed by atoms with Crippen LogP contribution in [0.25, 0.3) is 0 Å². The number of carbonyl (C=O) groups excluding carboxylic acids is 2. The van der Waals surface area contributed by atoms with Crippen molar-refractivity contribution >= 4 is 27.5 Å². The third kappa shape index (κ3) is 5.07. The molecule has 0 radical (unpaired) electrons. The minimum absolute atomic E-state index is 0.0452. The van der Waals surface area contributed by atoms with E-state index in [4.69, 9.17) is 0 Å². The number of anilines is 1.